The first-order valence-corrected chi connectivity index (χ1v) is 7.22. The molecule has 2 amide bonds. The first kappa shape index (κ1) is 18.2. The number of nitrogens with one attached hydrogen (secondary N) is 2. The van der Waals surface area contributed by atoms with Gasteiger partial charge in [0, 0.05) is 24.6 Å². The number of benzene rings is 1. The van der Waals surface area contributed by atoms with Crippen LogP contribution in [-0.4, -0.2) is 28.9 Å². The number of carboxylic acids is 1. The molecule has 0 bridgehead atoms. The molecule has 0 aliphatic carbocycles. The van der Waals surface area contributed by atoms with Gasteiger partial charge in [-0.2, -0.15) is 5.26 Å². The maximum Gasteiger partial charge on any atom is 0.326 e. The number of aliphatic carboxylic acids is 1. The van der Waals surface area contributed by atoms with Crippen molar-refractivity contribution in [1.29, 1.82) is 5.26 Å². The summed E-state index contributed by atoms with van der Waals surface area (Å²) < 4.78 is 0. The van der Waals surface area contributed by atoms with Gasteiger partial charge in [0.1, 0.15) is 6.04 Å². The monoisotopic (exact) mass is 317 g/mol. The van der Waals surface area contributed by atoms with Gasteiger partial charge in [-0.15, -0.1) is 0 Å². The number of hydrogen-bond donors (Lipinski definition) is 3. The third kappa shape index (κ3) is 6.61. The number of carbonyl (C=O) groups excluding carboxylic acids is 2. The Labute approximate surface area is 134 Å². The summed E-state index contributed by atoms with van der Waals surface area (Å²) in [6.07, 6.45) is 1.75. The van der Waals surface area contributed by atoms with E-state index in [0.717, 1.165) is 0 Å². The van der Waals surface area contributed by atoms with E-state index in [1.54, 1.807) is 12.1 Å². The van der Waals surface area contributed by atoms with Crippen molar-refractivity contribution >= 4 is 23.5 Å². The summed E-state index contributed by atoms with van der Waals surface area (Å²) in [5.41, 5.74) is 0.727. The highest BCUT2D eigenvalue weighted by molar-refractivity contribution is 5.98. The Morgan fingerprint density at radius 1 is 1.30 bits per heavy atom. The van der Waals surface area contributed by atoms with Crippen LogP contribution in [0.15, 0.2) is 24.3 Å². The van der Waals surface area contributed by atoms with E-state index in [1.165, 1.54) is 19.1 Å². The van der Waals surface area contributed by atoms with Gasteiger partial charge in [-0.25, -0.2) is 4.79 Å². The van der Waals surface area contributed by atoms with E-state index in [9.17, 15) is 14.4 Å². The molecule has 122 valence electrons. The van der Waals surface area contributed by atoms with Gasteiger partial charge in [-0.3, -0.25) is 9.59 Å². The summed E-state index contributed by atoms with van der Waals surface area (Å²) in [6, 6.07) is 7.23. The number of nitriles is 1. The minimum atomic E-state index is -1.12. The Hall–Kier alpha value is -2.88. The fourth-order valence-corrected chi connectivity index (χ4v) is 1.99. The number of anilines is 1. The third-order valence-corrected chi connectivity index (χ3v) is 3.08. The van der Waals surface area contributed by atoms with E-state index in [1.807, 2.05) is 6.07 Å². The van der Waals surface area contributed by atoms with Crippen LogP contribution in [-0.2, 0) is 9.59 Å². The number of amides is 2. The lowest BCUT2D eigenvalue weighted by molar-refractivity contribution is -0.139. The lowest BCUT2D eigenvalue weighted by Crippen LogP contribution is -2.40. The van der Waals surface area contributed by atoms with Crippen molar-refractivity contribution in [2.24, 2.45) is 0 Å². The van der Waals surface area contributed by atoms with Crippen LogP contribution in [0.1, 0.15) is 43.0 Å². The zero-order chi connectivity index (χ0) is 17.2. The van der Waals surface area contributed by atoms with Gasteiger partial charge in [0.2, 0.25) is 5.91 Å². The fraction of sp³-hybridized carbons (Fsp3) is 0.375. The molecule has 0 fully saturated rings. The van der Waals surface area contributed by atoms with Gasteiger partial charge in [-0.05, 0) is 37.5 Å². The molecule has 0 aromatic heterocycles. The molecule has 7 nitrogen and oxygen atoms in total. The number of unbranched alkanes of at least 4 members (excludes halogenated alkanes) is 2. The van der Waals surface area contributed by atoms with Crippen LogP contribution >= 0.6 is 0 Å². The van der Waals surface area contributed by atoms with Crippen LogP contribution in [0.4, 0.5) is 5.69 Å². The van der Waals surface area contributed by atoms with Gasteiger partial charge < -0.3 is 15.7 Å². The fourth-order valence-electron chi connectivity index (χ4n) is 1.99. The predicted octanol–water partition coefficient (Wildman–Crippen LogP) is 1.91. The zero-order valence-electron chi connectivity index (χ0n) is 12.8. The summed E-state index contributed by atoms with van der Waals surface area (Å²) in [6.45, 7) is 1.36. The average molecular weight is 317 g/mol. The Morgan fingerprint density at radius 2 is 2.04 bits per heavy atom. The Kier molecular flexibility index (Phi) is 7.27. The van der Waals surface area contributed by atoms with Crippen LogP contribution in [0.25, 0.3) is 0 Å². The van der Waals surface area contributed by atoms with Crippen molar-refractivity contribution in [3.8, 4) is 6.07 Å². The molecule has 0 radical (unpaired) electrons. The second kappa shape index (κ2) is 9.20. The largest absolute Gasteiger partial charge is 0.480 e. The lowest BCUT2D eigenvalue weighted by atomic mass is 10.1. The first-order valence-electron chi connectivity index (χ1n) is 7.22. The highest BCUT2D eigenvalue weighted by Crippen LogP contribution is 2.11. The molecule has 0 saturated carbocycles. The molecule has 1 aromatic rings. The molecule has 1 rings (SSSR count). The van der Waals surface area contributed by atoms with E-state index < -0.39 is 17.9 Å². The van der Waals surface area contributed by atoms with E-state index in [-0.39, 0.29) is 17.9 Å². The molecular formula is C16H19N3O4. The van der Waals surface area contributed by atoms with E-state index in [2.05, 4.69) is 10.6 Å². The number of carbonyl (C=O) groups is 3. The Balaban J connectivity index is 2.69. The highest BCUT2D eigenvalue weighted by Gasteiger charge is 2.20. The van der Waals surface area contributed by atoms with Gasteiger partial charge in [-0.1, -0.05) is 6.07 Å². The van der Waals surface area contributed by atoms with Gasteiger partial charge >= 0.3 is 5.97 Å². The normalized spacial score (nSPS) is 11.1. The Morgan fingerprint density at radius 3 is 2.65 bits per heavy atom. The first-order chi connectivity index (χ1) is 10.9. The summed E-state index contributed by atoms with van der Waals surface area (Å²) in [4.78, 5) is 34.4. The zero-order valence-corrected chi connectivity index (χ0v) is 12.8. The maximum absolute atomic E-state index is 12.1. The van der Waals surface area contributed by atoms with Crippen LogP contribution < -0.4 is 10.6 Å². The van der Waals surface area contributed by atoms with Crippen LogP contribution in [0.2, 0.25) is 0 Å². The molecular weight excluding hydrogens is 298 g/mol. The minimum Gasteiger partial charge on any atom is -0.480 e. The lowest BCUT2D eigenvalue weighted by Gasteiger charge is -2.14. The molecule has 0 heterocycles. The molecule has 1 atom stereocenters. The van der Waals surface area contributed by atoms with Crippen LogP contribution in [0, 0.1) is 11.3 Å². The standard InChI is InChI=1S/C16H19N3O4/c1-11(20)18-13-7-5-6-12(10-13)15(21)19-14(16(22)23)8-3-2-4-9-17/h5-7,10,14H,2-4,8H2,1H3,(H,18,20)(H,19,21)(H,22,23)/t14-/m1/s1. The van der Waals surface area contributed by atoms with Gasteiger partial charge in [0.15, 0.2) is 0 Å². The van der Waals surface area contributed by atoms with Crippen molar-refractivity contribution in [2.45, 2.75) is 38.6 Å². The van der Waals surface area contributed by atoms with E-state index in [0.29, 0.717) is 24.9 Å². The molecule has 0 aliphatic heterocycles. The molecule has 0 unspecified atom stereocenters. The molecule has 7 heteroatoms. The Bertz CT molecular complexity index is 622. The molecule has 23 heavy (non-hydrogen) atoms. The topological polar surface area (TPSA) is 119 Å². The van der Waals surface area contributed by atoms with Gasteiger partial charge in [0.05, 0.1) is 6.07 Å². The number of carboxylic acid groups (broad SMARTS) is 1. The van der Waals surface area contributed by atoms with Crippen molar-refractivity contribution in [3.63, 3.8) is 0 Å². The summed E-state index contributed by atoms with van der Waals surface area (Å²) >= 11 is 0. The molecule has 0 saturated heterocycles. The molecule has 0 spiro atoms. The van der Waals surface area contributed by atoms with Crippen molar-refractivity contribution in [1.82, 2.24) is 5.32 Å². The minimum absolute atomic E-state index is 0.258. The van der Waals surface area contributed by atoms with E-state index in [4.69, 9.17) is 10.4 Å². The summed E-state index contributed by atoms with van der Waals surface area (Å²) in [5.74, 6) is -1.90. The predicted molar refractivity (Wildman–Crippen MR) is 83.7 cm³/mol. The molecule has 3 N–H and O–H groups in total. The highest BCUT2D eigenvalue weighted by atomic mass is 16.4. The van der Waals surface area contributed by atoms with Crippen molar-refractivity contribution in [3.05, 3.63) is 29.8 Å². The maximum atomic E-state index is 12.1. The summed E-state index contributed by atoms with van der Waals surface area (Å²) in [5, 5.41) is 22.6. The molecule has 0 aliphatic rings. The second-order valence-electron chi connectivity index (χ2n) is 5.03. The number of hydrogen-bond acceptors (Lipinski definition) is 4. The van der Waals surface area contributed by atoms with Gasteiger partial charge in [0.25, 0.3) is 5.91 Å². The van der Waals surface area contributed by atoms with Crippen LogP contribution in [0.3, 0.4) is 0 Å². The summed E-state index contributed by atoms with van der Waals surface area (Å²) in [7, 11) is 0. The van der Waals surface area contributed by atoms with E-state index >= 15 is 0 Å². The van der Waals surface area contributed by atoms with Crippen molar-refractivity contribution < 1.29 is 19.5 Å². The molecule has 1 aromatic carbocycles. The number of nitrogens with zero attached hydrogens (tertiary/aromatic N) is 1. The third-order valence-electron chi connectivity index (χ3n) is 3.08. The SMILES string of the molecule is CC(=O)Nc1cccc(C(=O)N[C@H](CCCCC#N)C(=O)O)c1. The van der Waals surface area contributed by atoms with Crippen LogP contribution in [0.5, 0.6) is 0 Å². The van der Waals surface area contributed by atoms with Crippen molar-refractivity contribution in [2.75, 3.05) is 5.32 Å². The second-order valence-corrected chi connectivity index (χ2v) is 5.03. The number of rotatable bonds is 8. The quantitative estimate of drug-likeness (QED) is 0.633. The average Bonchev–Trinajstić information content (AvgIpc) is 2.49. The smallest absolute Gasteiger partial charge is 0.326 e.